The van der Waals surface area contributed by atoms with Gasteiger partial charge in [0.15, 0.2) is 5.82 Å². The first kappa shape index (κ1) is 18.6. The lowest BCUT2D eigenvalue weighted by molar-refractivity contribution is 0.607. The predicted octanol–water partition coefficient (Wildman–Crippen LogP) is 2.59. The number of sulfonamides is 1. The van der Waals surface area contributed by atoms with Gasteiger partial charge in [0.05, 0.1) is 33.4 Å². The van der Waals surface area contributed by atoms with E-state index < -0.39 is 10.0 Å². The first-order valence-corrected chi connectivity index (χ1v) is 9.92. The van der Waals surface area contributed by atoms with E-state index in [0.29, 0.717) is 28.6 Å². The molecule has 1 aromatic carbocycles. The Labute approximate surface area is 159 Å². The van der Waals surface area contributed by atoms with Gasteiger partial charge in [-0.05, 0) is 26.0 Å². The van der Waals surface area contributed by atoms with E-state index >= 15 is 0 Å². The summed E-state index contributed by atoms with van der Waals surface area (Å²) in [6.07, 6.45) is 0.995. The van der Waals surface area contributed by atoms with Crippen LogP contribution in [-0.2, 0) is 10.0 Å². The normalized spacial score (nSPS) is 15.1. The number of fused-ring (bicyclic) bond motifs is 1. The van der Waals surface area contributed by atoms with Crippen molar-refractivity contribution in [2.45, 2.75) is 13.8 Å². The summed E-state index contributed by atoms with van der Waals surface area (Å²) in [6, 6.07) is 4.29. The van der Waals surface area contributed by atoms with E-state index in [1.54, 1.807) is 13.8 Å². The molecule has 0 atom stereocenters. The van der Waals surface area contributed by atoms with Crippen LogP contribution in [0.5, 0.6) is 0 Å². The monoisotopic (exact) mass is 413 g/mol. The Hall–Kier alpha value is -2.23. The van der Waals surface area contributed by atoms with Crippen molar-refractivity contribution in [1.29, 1.82) is 0 Å². The standard InChI is InChI=1S/C15H13Cl2N5O3S/c1-7-4-12(23)22-15(18-7)13(8(2)20-22)19-9-5-10(16)14(11(17)6-9)21-26(3,24)25/h4-6,21H,1-3H3. The molecular formula is C15H13Cl2N5O3S. The number of nitrogens with one attached hydrogen (secondary N) is 1. The Morgan fingerprint density at radius 2 is 1.77 bits per heavy atom. The van der Waals surface area contributed by atoms with Crippen molar-refractivity contribution >= 4 is 56.0 Å². The third-order valence-corrected chi connectivity index (χ3v) is 4.55. The highest BCUT2D eigenvalue weighted by atomic mass is 35.5. The van der Waals surface area contributed by atoms with Gasteiger partial charge >= 0.3 is 0 Å². The van der Waals surface area contributed by atoms with Gasteiger partial charge in [-0.1, -0.05) is 23.2 Å². The Bertz CT molecular complexity index is 1130. The van der Waals surface area contributed by atoms with Gasteiger partial charge in [0, 0.05) is 11.8 Å². The number of hydrogen-bond donors (Lipinski definition) is 1. The van der Waals surface area contributed by atoms with Crippen molar-refractivity contribution in [1.82, 2.24) is 9.66 Å². The molecule has 0 saturated carbocycles. The molecule has 3 rings (SSSR count). The fourth-order valence-corrected chi connectivity index (χ4v) is 3.64. The molecule has 2 heterocycles. The Balaban J connectivity index is 2.11. The van der Waals surface area contributed by atoms with E-state index in [1.165, 1.54) is 22.9 Å². The van der Waals surface area contributed by atoms with Gasteiger partial charge in [-0.15, -0.1) is 0 Å². The molecule has 0 bridgehead atoms. The zero-order valence-corrected chi connectivity index (χ0v) is 16.2. The van der Waals surface area contributed by atoms with Gasteiger partial charge in [-0.3, -0.25) is 9.52 Å². The minimum absolute atomic E-state index is 0.0715. The number of hydrogen-bond acceptors (Lipinski definition) is 6. The van der Waals surface area contributed by atoms with Gasteiger partial charge in [0.1, 0.15) is 5.71 Å². The number of aryl methyl sites for hydroxylation is 1. The van der Waals surface area contributed by atoms with Gasteiger partial charge < -0.3 is 0 Å². The molecule has 0 spiro atoms. The van der Waals surface area contributed by atoms with Crippen LogP contribution >= 0.6 is 23.2 Å². The fraction of sp³-hybridized carbons (Fsp3) is 0.200. The Kier molecular flexibility index (Phi) is 4.63. The van der Waals surface area contributed by atoms with Gasteiger partial charge in [0.25, 0.3) is 5.56 Å². The Morgan fingerprint density at radius 3 is 2.35 bits per heavy atom. The molecule has 1 N–H and O–H groups in total. The molecule has 0 radical (unpaired) electrons. The van der Waals surface area contributed by atoms with E-state index in [1.807, 2.05) is 0 Å². The van der Waals surface area contributed by atoms with Crippen LogP contribution in [0.2, 0.25) is 10.0 Å². The summed E-state index contributed by atoms with van der Waals surface area (Å²) in [5, 5.41) is 4.33. The summed E-state index contributed by atoms with van der Waals surface area (Å²) in [5.74, 6) is 0.318. The number of halogens is 2. The molecule has 1 aliphatic heterocycles. The van der Waals surface area contributed by atoms with Crippen molar-refractivity contribution in [2.24, 2.45) is 10.1 Å². The van der Waals surface area contributed by atoms with Crippen molar-refractivity contribution in [3.05, 3.63) is 50.1 Å². The second-order valence-electron chi connectivity index (χ2n) is 5.68. The van der Waals surface area contributed by atoms with Crippen LogP contribution in [0.1, 0.15) is 18.4 Å². The maximum atomic E-state index is 12.0. The maximum absolute atomic E-state index is 12.0. The topological polar surface area (TPSA) is 106 Å². The SMILES string of the molecule is CC1=Nn2c(nc(C)cc2=O)C1=Nc1cc(Cl)c(NS(C)(=O)=O)c(Cl)c1. The molecular weight excluding hydrogens is 401 g/mol. The number of aliphatic imine (C=N–C) groups is 1. The molecule has 0 saturated heterocycles. The average Bonchev–Trinajstić information content (AvgIpc) is 2.79. The molecule has 0 amide bonds. The highest BCUT2D eigenvalue weighted by Crippen LogP contribution is 2.35. The highest BCUT2D eigenvalue weighted by molar-refractivity contribution is 7.92. The lowest BCUT2D eigenvalue weighted by Crippen LogP contribution is -2.20. The molecule has 1 aromatic heterocycles. The first-order chi connectivity index (χ1) is 12.0. The van der Waals surface area contributed by atoms with Crippen molar-refractivity contribution in [2.75, 3.05) is 11.0 Å². The summed E-state index contributed by atoms with van der Waals surface area (Å²) in [6.45, 7) is 3.40. The van der Waals surface area contributed by atoms with E-state index in [9.17, 15) is 13.2 Å². The summed E-state index contributed by atoms with van der Waals surface area (Å²) in [7, 11) is -3.54. The molecule has 26 heavy (non-hydrogen) atoms. The Morgan fingerprint density at radius 1 is 1.15 bits per heavy atom. The fourth-order valence-electron chi connectivity index (χ4n) is 2.37. The van der Waals surface area contributed by atoms with Crippen LogP contribution < -0.4 is 10.3 Å². The number of anilines is 1. The maximum Gasteiger partial charge on any atom is 0.274 e. The summed E-state index contributed by atoms with van der Waals surface area (Å²) < 4.78 is 26.2. The number of aromatic nitrogens is 2. The quantitative estimate of drug-likeness (QED) is 0.833. The number of nitrogens with zero attached hydrogens (tertiary/aromatic N) is 4. The van der Waals surface area contributed by atoms with E-state index in [2.05, 4.69) is 19.8 Å². The van der Waals surface area contributed by atoms with Crippen molar-refractivity contribution in [3.8, 4) is 0 Å². The predicted molar refractivity (Wildman–Crippen MR) is 103 cm³/mol. The lowest BCUT2D eigenvalue weighted by atomic mass is 10.2. The van der Waals surface area contributed by atoms with Crippen LogP contribution in [0.25, 0.3) is 0 Å². The average molecular weight is 414 g/mol. The second-order valence-corrected chi connectivity index (χ2v) is 8.24. The highest BCUT2D eigenvalue weighted by Gasteiger charge is 2.23. The zero-order chi connectivity index (χ0) is 19.2. The molecule has 0 aliphatic carbocycles. The molecule has 0 fully saturated rings. The smallest absolute Gasteiger partial charge is 0.274 e. The van der Waals surface area contributed by atoms with Gasteiger partial charge in [-0.25, -0.2) is 18.4 Å². The molecule has 136 valence electrons. The van der Waals surface area contributed by atoms with Crippen LogP contribution in [-0.4, -0.2) is 35.8 Å². The third kappa shape index (κ3) is 3.64. The molecule has 8 nitrogen and oxygen atoms in total. The first-order valence-electron chi connectivity index (χ1n) is 7.28. The van der Waals surface area contributed by atoms with Gasteiger partial charge in [0.2, 0.25) is 10.0 Å². The van der Waals surface area contributed by atoms with E-state index in [0.717, 1.165) is 6.26 Å². The van der Waals surface area contributed by atoms with E-state index in [-0.39, 0.29) is 21.3 Å². The van der Waals surface area contributed by atoms with Crippen LogP contribution in [0.15, 0.2) is 33.1 Å². The van der Waals surface area contributed by atoms with E-state index in [4.69, 9.17) is 23.2 Å². The third-order valence-electron chi connectivity index (χ3n) is 3.38. The molecule has 1 aliphatic rings. The summed E-state index contributed by atoms with van der Waals surface area (Å²) >= 11 is 12.3. The van der Waals surface area contributed by atoms with Crippen molar-refractivity contribution < 1.29 is 8.42 Å². The van der Waals surface area contributed by atoms with Crippen LogP contribution in [0, 0.1) is 6.92 Å². The largest absolute Gasteiger partial charge is 0.281 e. The number of rotatable bonds is 3. The second kappa shape index (κ2) is 6.49. The minimum Gasteiger partial charge on any atom is -0.281 e. The number of benzene rings is 1. The summed E-state index contributed by atoms with van der Waals surface area (Å²) in [4.78, 5) is 20.8. The zero-order valence-electron chi connectivity index (χ0n) is 13.9. The van der Waals surface area contributed by atoms with Gasteiger partial charge in [-0.2, -0.15) is 9.78 Å². The molecule has 2 aromatic rings. The molecule has 11 heteroatoms. The summed E-state index contributed by atoms with van der Waals surface area (Å²) in [5.41, 5.74) is 1.59. The van der Waals surface area contributed by atoms with Crippen molar-refractivity contribution in [3.63, 3.8) is 0 Å². The van der Waals surface area contributed by atoms with Crippen LogP contribution in [0.4, 0.5) is 11.4 Å². The lowest BCUT2D eigenvalue weighted by Gasteiger charge is -2.10. The van der Waals surface area contributed by atoms with Crippen LogP contribution in [0.3, 0.4) is 0 Å². The minimum atomic E-state index is -3.54. The molecule has 0 unspecified atom stereocenters.